The second kappa shape index (κ2) is 7.58. The van der Waals surface area contributed by atoms with E-state index in [9.17, 15) is 14.4 Å². The van der Waals surface area contributed by atoms with Gasteiger partial charge in [-0.05, 0) is 34.5 Å². The van der Waals surface area contributed by atoms with Gasteiger partial charge in [-0.2, -0.15) is 11.3 Å². The maximum absolute atomic E-state index is 12.7. The average Bonchev–Trinajstić information content (AvgIpc) is 3.22. The summed E-state index contributed by atoms with van der Waals surface area (Å²) in [7, 11) is 1.57. The summed E-state index contributed by atoms with van der Waals surface area (Å²) in [5, 5.41) is 3.91. The van der Waals surface area contributed by atoms with Gasteiger partial charge < -0.3 is 9.64 Å². The lowest BCUT2D eigenvalue weighted by Gasteiger charge is -2.24. The molecule has 3 rings (SSSR count). The van der Waals surface area contributed by atoms with Crippen molar-refractivity contribution in [2.75, 3.05) is 26.8 Å². The van der Waals surface area contributed by atoms with E-state index in [1.165, 1.54) is 0 Å². The molecule has 0 N–H and O–H groups in total. The second-order valence-corrected chi connectivity index (χ2v) is 6.46. The van der Waals surface area contributed by atoms with Crippen LogP contribution in [0.4, 0.5) is 0 Å². The van der Waals surface area contributed by atoms with Gasteiger partial charge in [0.25, 0.3) is 11.8 Å². The third kappa shape index (κ3) is 3.62. The monoisotopic (exact) mass is 358 g/mol. The number of rotatable bonds is 7. The van der Waals surface area contributed by atoms with Crippen molar-refractivity contribution < 1.29 is 19.1 Å². The van der Waals surface area contributed by atoms with Crippen LogP contribution < -0.4 is 0 Å². The van der Waals surface area contributed by atoms with Crippen molar-refractivity contribution in [1.29, 1.82) is 0 Å². The van der Waals surface area contributed by atoms with Gasteiger partial charge in [-0.15, -0.1) is 0 Å². The first-order chi connectivity index (χ1) is 12.1. The minimum Gasteiger partial charge on any atom is -0.383 e. The lowest BCUT2D eigenvalue weighted by molar-refractivity contribution is -0.132. The van der Waals surface area contributed by atoms with Gasteiger partial charge in [-0.25, -0.2) is 0 Å². The molecule has 7 heteroatoms. The molecular formula is C18H18N2O4S. The lowest BCUT2D eigenvalue weighted by atomic mass is 10.1. The molecule has 0 bridgehead atoms. The Morgan fingerprint density at radius 1 is 1.16 bits per heavy atom. The SMILES string of the molecule is COCCN(Cc1ccsc1)C(=O)CN1C(=O)c2ccccc2C1=O. The number of benzene rings is 1. The van der Waals surface area contributed by atoms with Gasteiger partial charge >= 0.3 is 0 Å². The molecular weight excluding hydrogens is 340 g/mol. The molecule has 1 aromatic heterocycles. The standard InChI is InChI=1S/C18H18N2O4S/c1-24-8-7-19(10-13-6-9-25-12-13)16(21)11-20-17(22)14-4-2-3-5-15(14)18(20)23/h2-6,9,12H,7-8,10-11H2,1H3. The number of imide groups is 1. The summed E-state index contributed by atoms with van der Waals surface area (Å²) in [6.07, 6.45) is 0. The normalized spacial score (nSPS) is 13.2. The van der Waals surface area contributed by atoms with Crippen molar-refractivity contribution in [1.82, 2.24) is 9.80 Å². The fourth-order valence-electron chi connectivity index (χ4n) is 2.71. The number of amides is 3. The highest BCUT2D eigenvalue weighted by molar-refractivity contribution is 7.07. The molecule has 0 atom stereocenters. The first kappa shape index (κ1) is 17.3. The van der Waals surface area contributed by atoms with Gasteiger partial charge in [-0.1, -0.05) is 12.1 Å². The van der Waals surface area contributed by atoms with E-state index in [-0.39, 0.29) is 12.5 Å². The van der Waals surface area contributed by atoms with Gasteiger partial charge in [0.2, 0.25) is 5.91 Å². The van der Waals surface area contributed by atoms with Crippen LogP contribution in [-0.4, -0.2) is 54.3 Å². The lowest BCUT2D eigenvalue weighted by Crippen LogP contribution is -2.43. The molecule has 1 aliphatic rings. The number of methoxy groups -OCH3 is 1. The highest BCUT2D eigenvalue weighted by Crippen LogP contribution is 2.22. The van der Waals surface area contributed by atoms with E-state index in [2.05, 4.69) is 0 Å². The fraction of sp³-hybridized carbons (Fsp3) is 0.278. The number of carbonyl (C=O) groups is 3. The Hall–Kier alpha value is -2.51. The first-order valence-corrected chi connectivity index (χ1v) is 8.79. The van der Waals surface area contributed by atoms with Crippen molar-refractivity contribution >= 4 is 29.1 Å². The third-order valence-corrected chi connectivity index (χ3v) is 4.78. The molecule has 25 heavy (non-hydrogen) atoms. The molecule has 0 saturated carbocycles. The van der Waals surface area contributed by atoms with E-state index in [0.29, 0.717) is 30.8 Å². The molecule has 3 amide bonds. The van der Waals surface area contributed by atoms with Crippen LogP contribution in [0.3, 0.4) is 0 Å². The topological polar surface area (TPSA) is 66.9 Å². The Labute approximate surface area is 149 Å². The highest BCUT2D eigenvalue weighted by atomic mass is 32.1. The van der Waals surface area contributed by atoms with Gasteiger partial charge in [-0.3, -0.25) is 19.3 Å². The summed E-state index contributed by atoms with van der Waals surface area (Å²) >= 11 is 1.55. The summed E-state index contributed by atoms with van der Waals surface area (Å²) in [5.41, 5.74) is 1.71. The zero-order chi connectivity index (χ0) is 17.8. The number of carbonyl (C=O) groups excluding carboxylic acids is 3. The van der Waals surface area contributed by atoms with E-state index in [0.717, 1.165) is 10.5 Å². The quantitative estimate of drug-likeness (QED) is 0.710. The molecule has 0 saturated heterocycles. The van der Waals surface area contributed by atoms with Crippen LogP contribution in [-0.2, 0) is 16.1 Å². The third-order valence-electron chi connectivity index (χ3n) is 4.04. The molecule has 6 nitrogen and oxygen atoms in total. The molecule has 0 radical (unpaired) electrons. The molecule has 0 unspecified atom stereocenters. The van der Waals surface area contributed by atoms with Crippen LogP contribution in [0, 0.1) is 0 Å². The van der Waals surface area contributed by atoms with Crippen LogP contribution in [0.2, 0.25) is 0 Å². The van der Waals surface area contributed by atoms with E-state index in [4.69, 9.17) is 4.74 Å². The number of thiophene rings is 1. The summed E-state index contributed by atoms with van der Waals surface area (Å²) in [5.74, 6) is -1.12. The fourth-order valence-corrected chi connectivity index (χ4v) is 3.37. The molecule has 0 fully saturated rings. The zero-order valence-electron chi connectivity index (χ0n) is 13.8. The number of fused-ring (bicyclic) bond motifs is 1. The Morgan fingerprint density at radius 3 is 2.40 bits per heavy atom. The average molecular weight is 358 g/mol. The maximum Gasteiger partial charge on any atom is 0.262 e. The summed E-state index contributed by atoms with van der Waals surface area (Å²) in [4.78, 5) is 40.1. The van der Waals surface area contributed by atoms with Crippen molar-refractivity contribution in [2.45, 2.75) is 6.54 Å². The Balaban J connectivity index is 1.73. The molecule has 130 valence electrons. The smallest absolute Gasteiger partial charge is 0.262 e. The Bertz CT molecular complexity index is 753. The molecule has 0 aliphatic carbocycles. The summed E-state index contributed by atoms with van der Waals surface area (Å²) < 4.78 is 5.07. The van der Waals surface area contributed by atoms with Crippen molar-refractivity contribution in [3.8, 4) is 0 Å². The van der Waals surface area contributed by atoms with E-state index < -0.39 is 11.8 Å². The highest BCUT2D eigenvalue weighted by Gasteiger charge is 2.37. The molecule has 2 aromatic rings. The van der Waals surface area contributed by atoms with Crippen LogP contribution in [0.15, 0.2) is 41.1 Å². The summed E-state index contributed by atoms with van der Waals surface area (Å²) in [6.45, 7) is 0.946. The molecule has 1 aliphatic heterocycles. The van der Waals surface area contributed by atoms with Crippen LogP contribution in [0.1, 0.15) is 26.3 Å². The number of nitrogens with zero attached hydrogens (tertiary/aromatic N) is 2. The van der Waals surface area contributed by atoms with Crippen molar-refractivity contribution in [3.05, 3.63) is 57.8 Å². The van der Waals surface area contributed by atoms with Gasteiger partial charge in [0.05, 0.1) is 17.7 Å². The predicted octanol–water partition coefficient (Wildman–Crippen LogP) is 2.02. The second-order valence-electron chi connectivity index (χ2n) is 5.68. The minimum atomic E-state index is -0.420. The van der Waals surface area contributed by atoms with E-state index in [1.54, 1.807) is 47.6 Å². The molecule has 1 aromatic carbocycles. The predicted molar refractivity (Wildman–Crippen MR) is 93.4 cm³/mol. The first-order valence-electron chi connectivity index (χ1n) is 7.85. The van der Waals surface area contributed by atoms with Crippen LogP contribution >= 0.6 is 11.3 Å². The summed E-state index contributed by atoms with van der Waals surface area (Å²) in [6, 6.07) is 8.57. The van der Waals surface area contributed by atoms with E-state index >= 15 is 0 Å². The van der Waals surface area contributed by atoms with Crippen LogP contribution in [0.5, 0.6) is 0 Å². The van der Waals surface area contributed by atoms with Gasteiger partial charge in [0.1, 0.15) is 6.54 Å². The van der Waals surface area contributed by atoms with Crippen molar-refractivity contribution in [2.24, 2.45) is 0 Å². The number of hydrogen-bond acceptors (Lipinski definition) is 5. The van der Waals surface area contributed by atoms with Gasteiger partial charge in [0, 0.05) is 20.2 Å². The largest absolute Gasteiger partial charge is 0.383 e. The number of hydrogen-bond donors (Lipinski definition) is 0. The Morgan fingerprint density at radius 2 is 1.84 bits per heavy atom. The molecule has 0 spiro atoms. The molecule has 2 heterocycles. The Kier molecular flexibility index (Phi) is 5.25. The van der Waals surface area contributed by atoms with E-state index in [1.807, 2.05) is 16.8 Å². The zero-order valence-corrected chi connectivity index (χ0v) is 14.6. The van der Waals surface area contributed by atoms with Gasteiger partial charge in [0.15, 0.2) is 0 Å². The maximum atomic E-state index is 12.7. The number of ether oxygens (including phenoxy) is 1. The van der Waals surface area contributed by atoms with Crippen molar-refractivity contribution in [3.63, 3.8) is 0 Å². The van der Waals surface area contributed by atoms with Crippen LogP contribution in [0.25, 0.3) is 0 Å². The minimum absolute atomic E-state index is 0.264.